The van der Waals surface area contributed by atoms with Crippen molar-refractivity contribution in [3.8, 4) is 0 Å². The Morgan fingerprint density at radius 1 is 1.62 bits per heavy atom. The van der Waals surface area contributed by atoms with Crippen LogP contribution in [0.4, 0.5) is 5.82 Å². The van der Waals surface area contributed by atoms with Gasteiger partial charge in [0.2, 0.25) is 0 Å². The minimum Gasteiger partial charge on any atom is -0.466 e. The number of nitrogens with zero attached hydrogens (tertiary/aromatic N) is 1. The van der Waals surface area contributed by atoms with Crippen LogP contribution in [0.1, 0.15) is 25.3 Å². The van der Waals surface area contributed by atoms with Gasteiger partial charge in [0.15, 0.2) is 0 Å². The van der Waals surface area contributed by atoms with Crippen LogP contribution in [0.5, 0.6) is 0 Å². The van der Waals surface area contributed by atoms with Crippen molar-refractivity contribution in [1.29, 1.82) is 0 Å². The monoisotopic (exact) mass is 286 g/mol. The van der Waals surface area contributed by atoms with Gasteiger partial charge in [0.1, 0.15) is 5.82 Å². The molecule has 0 unspecified atom stereocenters. The Morgan fingerprint density at radius 3 is 3.06 bits per heavy atom. The molecule has 0 fully saturated rings. The predicted octanol–water partition coefficient (Wildman–Crippen LogP) is 2.31. The molecular weight excluding hydrogens is 272 g/mol. The van der Waals surface area contributed by atoms with Gasteiger partial charge in [-0.15, -0.1) is 0 Å². The molecule has 5 heteroatoms. The van der Waals surface area contributed by atoms with E-state index in [9.17, 15) is 4.79 Å². The summed E-state index contributed by atoms with van der Waals surface area (Å²) >= 11 is 3.33. The molecular formula is C11H15BrN2O2. The molecule has 88 valence electrons. The van der Waals surface area contributed by atoms with Crippen molar-refractivity contribution in [2.45, 2.75) is 26.2 Å². The molecule has 0 aromatic carbocycles. The highest BCUT2D eigenvalue weighted by molar-refractivity contribution is 9.10. The maximum atomic E-state index is 11.1. The van der Waals surface area contributed by atoms with Crippen LogP contribution in [0, 0.1) is 0 Å². The molecule has 1 aromatic rings. The predicted molar refractivity (Wildman–Crippen MR) is 65.9 cm³/mol. The van der Waals surface area contributed by atoms with E-state index < -0.39 is 0 Å². The van der Waals surface area contributed by atoms with Gasteiger partial charge in [0.25, 0.3) is 0 Å². The highest BCUT2D eigenvalue weighted by Crippen LogP contribution is 2.17. The lowest BCUT2D eigenvalue weighted by Crippen LogP contribution is -2.05. The summed E-state index contributed by atoms with van der Waals surface area (Å²) in [5.41, 5.74) is 6.67. The van der Waals surface area contributed by atoms with Crippen molar-refractivity contribution in [3.63, 3.8) is 0 Å². The number of nitrogens with two attached hydrogens (primary N) is 1. The highest BCUT2D eigenvalue weighted by Gasteiger charge is 2.05. The third-order valence-electron chi connectivity index (χ3n) is 2.10. The van der Waals surface area contributed by atoms with Gasteiger partial charge in [-0.2, -0.15) is 0 Å². The first-order chi connectivity index (χ1) is 7.63. The van der Waals surface area contributed by atoms with Crippen LogP contribution in [0.15, 0.2) is 16.7 Å². The van der Waals surface area contributed by atoms with Crippen LogP contribution >= 0.6 is 15.9 Å². The lowest BCUT2D eigenvalue weighted by molar-refractivity contribution is -0.143. The van der Waals surface area contributed by atoms with Gasteiger partial charge in [0, 0.05) is 17.1 Å². The van der Waals surface area contributed by atoms with Crippen molar-refractivity contribution < 1.29 is 9.53 Å². The van der Waals surface area contributed by atoms with Gasteiger partial charge < -0.3 is 10.5 Å². The van der Waals surface area contributed by atoms with Crippen LogP contribution < -0.4 is 5.73 Å². The molecule has 0 saturated heterocycles. The summed E-state index contributed by atoms with van der Waals surface area (Å²) in [4.78, 5) is 15.1. The maximum Gasteiger partial charge on any atom is 0.305 e. The Kier molecular flexibility index (Phi) is 5.25. The van der Waals surface area contributed by atoms with Gasteiger partial charge in [-0.3, -0.25) is 4.79 Å². The van der Waals surface area contributed by atoms with Gasteiger partial charge in [-0.05, 0) is 47.3 Å². The van der Waals surface area contributed by atoms with Crippen molar-refractivity contribution in [1.82, 2.24) is 4.98 Å². The second kappa shape index (κ2) is 6.48. The first kappa shape index (κ1) is 13.0. The fourth-order valence-electron chi connectivity index (χ4n) is 1.35. The molecule has 0 bridgehead atoms. The number of aromatic nitrogens is 1. The van der Waals surface area contributed by atoms with Crippen LogP contribution in [0.2, 0.25) is 0 Å². The van der Waals surface area contributed by atoms with Crippen LogP contribution in [0.25, 0.3) is 0 Å². The topological polar surface area (TPSA) is 65.2 Å². The molecule has 0 aliphatic carbocycles. The number of rotatable bonds is 5. The van der Waals surface area contributed by atoms with Crippen molar-refractivity contribution >= 4 is 27.7 Å². The number of ether oxygens (including phenoxy) is 1. The van der Waals surface area contributed by atoms with Crippen LogP contribution in [-0.2, 0) is 16.0 Å². The molecule has 4 nitrogen and oxygen atoms in total. The Balaban J connectivity index is 2.42. The van der Waals surface area contributed by atoms with Crippen molar-refractivity contribution in [2.75, 3.05) is 12.3 Å². The average molecular weight is 287 g/mol. The zero-order chi connectivity index (χ0) is 12.0. The van der Waals surface area contributed by atoms with E-state index in [2.05, 4.69) is 20.9 Å². The molecule has 0 aliphatic rings. The second-order valence-electron chi connectivity index (χ2n) is 3.36. The van der Waals surface area contributed by atoms with E-state index in [0.29, 0.717) is 18.8 Å². The first-order valence-electron chi connectivity index (χ1n) is 5.19. The summed E-state index contributed by atoms with van der Waals surface area (Å²) in [6, 6.07) is 1.92. The number of halogens is 1. The van der Waals surface area contributed by atoms with E-state index in [1.165, 1.54) is 0 Å². The minimum absolute atomic E-state index is 0.163. The van der Waals surface area contributed by atoms with E-state index in [0.717, 1.165) is 22.9 Å². The number of hydrogen-bond donors (Lipinski definition) is 1. The Morgan fingerprint density at radius 2 is 2.38 bits per heavy atom. The number of aryl methyl sites for hydroxylation is 1. The third kappa shape index (κ3) is 4.18. The SMILES string of the molecule is CCOC(=O)CCCc1cc(Br)cnc1N. The van der Waals surface area contributed by atoms with Crippen molar-refractivity contribution in [3.05, 3.63) is 22.3 Å². The lowest BCUT2D eigenvalue weighted by atomic mass is 10.1. The summed E-state index contributed by atoms with van der Waals surface area (Å²) < 4.78 is 5.73. The van der Waals surface area contributed by atoms with E-state index in [1.807, 2.05) is 6.07 Å². The van der Waals surface area contributed by atoms with Gasteiger partial charge in [-0.25, -0.2) is 4.98 Å². The smallest absolute Gasteiger partial charge is 0.305 e. The zero-order valence-corrected chi connectivity index (χ0v) is 10.8. The van der Waals surface area contributed by atoms with E-state index in [4.69, 9.17) is 10.5 Å². The number of hydrogen-bond acceptors (Lipinski definition) is 4. The molecule has 1 aromatic heterocycles. The quantitative estimate of drug-likeness (QED) is 0.844. The van der Waals surface area contributed by atoms with Crippen molar-refractivity contribution in [2.24, 2.45) is 0 Å². The molecule has 2 N–H and O–H groups in total. The highest BCUT2D eigenvalue weighted by atomic mass is 79.9. The number of carbonyl (C=O) groups is 1. The lowest BCUT2D eigenvalue weighted by Gasteiger charge is -2.05. The average Bonchev–Trinajstić information content (AvgIpc) is 2.23. The Hall–Kier alpha value is -1.10. The molecule has 0 saturated carbocycles. The number of anilines is 1. The molecule has 0 amide bonds. The van der Waals surface area contributed by atoms with Gasteiger partial charge in [-0.1, -0.05) is 0 Å². The zero-order valence-electron chi connectivity index (χ0n) is 9.20. The fraction of sp³-hybridized carbons (Fsp3) is 0.455. The summed E-state index contributed by atoms with van der Waals surface area (Å²) in [6.07, 6.45) is 3.53. The Bertz CT molecular complexity index is 369. The summed E-state index contributed by atoms with van der Waals surface area (Å²) in [5, 5.41) is 0. The van der Waals surface area contributed by atoms with Gasteiger partial charge >= 0.3 is 5.97 Å². The number of esters is 1. The molecule has 0 spiro atoms. The maximum absolute atomic E-state index is 11.1. The number of nitrogen functional groups attached to an aromatic ring is 1. The molecule has 0 aliphatic heterocycles. The van der Waals surface area contributed by atoms with E-state index in [1.54, 1.807) is 13.1 Å². The molecule has 0 atom stereocenters. The van der Waals surface area contributed by atoms with Gasteiger partial charge in [0.05, 0.1) is 6.61 Å². The molecule has 1 heterocycles. The third-order valence-corrected chi connectivity index (χ3v) is 2.53. The minimum atomic E-state index is -0.163. The van der Waals surface area contributed by atoms with Crippen LogP contribution in [0.3, 0.4) is 0 Å². The normalized spacial score (nSPS) is 10.1. The second-order valence-corrected chi connectivity index (χ2v) is 4.27. The largest absolute Gasteiger partial charge is 0.466 e. The molecule has 16 heavy (non-hydrogen) atoms. The molecule has 0 radical (unpaired) electrons. The van der Waals surface area contributed by atoms with E-state index >= 15 is 0 Å². The molecule has 1 rings (SSSR count). The summed E-state index contributed by atoms with van der Waals surface area (Å²) in [5.74, 6) is 0.357. The fourth-order valence-corrected chi connectivity index (χ4v) is 1.73. The summed E-state index contributed by atoms with van der Waals surface area (Å²) in [6.45, 7) is 2.23. The Labute approximate surface area is 103 Å². The van der Waals surface area contributed by atoms with E-state index in [-0.39, 0.29) is 5.97 Å². The summed E-state index contributed by atoms with van der Waals surface area (Å²) in [7, 11) is 0. The number of pyridine rings is 1. The van der Waals surface area contributed by atoms with Crippen LogP contribution in [-0.4, -0.2) is 17.6 Å². The first-order valence-corrected chi connectivity index (χ1v) is 5.98. The standard InChI is InChI=1S/C11H15BrN2O2/c1-2-16-10(15)5-3-4-8-6-9(12)7-14-11(8)13/h6-7H,2-5H2,1H3,(H2,13,14). The number of carbonyl (C=O) groups excluding carboxylic acids is 1.